The van der Waals surface area contributed by atoms with Crippen molar-refractivity contribution in [3.63, 3.8) is 0 Å². The molecule has 1 unspecified atom stereocenters. The third kappa shape index (κ3) is 65.8. The minimum absolute atomic E-state index is 0.0601. The van der Waals surface area contributed by atoms with E-state index in [1.54, 1.807) is 0 Å². The minimum atomic E-state index is -0.770. The quantitative estimate of drug-likeness (QED) is 0.0373. The molecule has 0 spiro atoms. The maximum absolute atomic E-state index is 12.4. The van der Waals surface area contributed by atoms with E-state index in [1.807, 2.05) is 0 Å². The molecule has 1 atom stereocenters. The first kappa shape index (κ1) is 74.3. The minimum Gasteiger partial charge on any atom is -0.462 e. The number of carbonyl (C=O) groups excluding carboxylic acids is 2. The van der Waals surface area contributed by atoms with Crippen molar-refractivity contribution in [2.75, 3.05) is 13.2 Å². The topological polar surface area (TPSA) is 72.8 Å². The summed E-state index contributed by atoms with van der Waals surface area (Å²) in [6.45, 7) is 4.08. The number of esters is 2. The van der Waals surface area contributed by atoms with Crippen LogP contribution in [0.5, 0.6) is 0 Å². The maximum atomic E-state index is 12.4. The van der Waals surface area contributed by atoms with E-state index in [0.29, 0.717) is 12.8 Å². The Morgan fingerprint density at radius 2 is 0.558 bits per heavy atom. The molecular formula is C72H130O5. The van der Waals surface area contributed by atoms with Crippen LogP contribution in [0.25, 0.3) is 0 Å². The molecule has 0 aliphatic carbocycles. The first-order chi connectivity index (χ1) is 38.1. The first-order valence-corrected chi connectivity index (χ1v) is 34.0. The van der Waals surface area contributed by atoms with E-state index in [-0.39, 0.29) is 25.2 Å². The molecule has 0 amide bonds. The Balaban J connectivity index is 3.41. The number of rotatable bonds is 63. The molecule has 0 aliphatic rings. The summed E-state index contributed by atoms with van der Waals surface area (Å²) in [5.74, 6) is -0.569. The fourth-order valence-corrected chi connectivity index (χ4v) is 10.2. The predicted molar refractivity (Wildman–Crippen MR) is 339 cm³/mol. The summed E-state index contributed by atoms with van der Waals surface area (Å²) in [6.07, 6.45) is 93.6. The number of ether oxygens (including phenoxy) is 2. The lowest BCUT2D eigenvalue weighted by Crippen LogP contribution is -2.28. The van der Waals surface area contributed by atoms with Gasteiger partial charge in [-0.05, 0) is 64.2 Å². The van der Waals surface area contributed by atoms with Gasteiger partial charge in [-0.25, -0.2) is 0 Å². The number of carbonyl (C=O) groups is 2. The van der Waals surface area contributed by atoms with Crippen molar-refractivity contribution in [1.82, 2.24) is 0 Å². The maximum Gasteiger partial charge on any atom is 0.306 e. The molecule has 0 aromatic carbocycles. The summed E-state index contributed by atoms with van der Waals surface area (Å²) >= 11 is 0. The van der Waals surface area contributed by atoms with Gasteiger partial charge in [0.2, 0.25) is 0 Å². The third-order valence-corrected chi connectivity index (χ3v) is 15.3. The largest absolute Gasteiger partial charge is 0.462 e. The molecule has 0 aromatic heterocycles. The van der Waals surface area contributed by atoms with E-state index >= 15 is 0 Å². The second kappa shape index (κ2) is 67.6. The summed E-state index contributed by atoms with van der Waals surface area (Å²) < 4.78 is 10.8. The Bertz CT molecular complexity index is 1360. The molecule has 0 heterocycles. The van der Waals surface area contributed by atoms with Gasteiger partial charge in [-0.3, -0.25) is 9.59 Å². The second-order valence-electron chi connectivity index (χ2n) is 22.9. The highest BCUT2D eigenvalue weighted by Gasteiger charge is 2.16. The number of hydrogen-bond acceptors (Lipinski definition) is 5. The van der Waals surface area contributed by atoms with Crippen LogP contribution < -0.4 is 0 Å². The van der Waals surface area contributed by atoms with Gasteiger partial charge in [0.05, 0.1) is 6.61 Å². The van der Waals surface area contributed by atoms with Crippen LogP contribution in [-0.2, 0) is 19.1 Å². The summed E-state index contributed by atoms with van der Waals surface area (Å²) in [5.41, 5.74) is 0. The monoisotopic (exact) mass is 1070 g/mol. The second-order valence-corrected chi connectivity index (χ2v) is 22.9. The van der Waals surface area contributed by atoms with E-state index in [1.165, 1.54) is 257 Å². The Morgan fingerprint density at radius 3 is 0.844 bits per heavy atom. The molecular weight excluding hydrogens is 945 g/mol. The van der Waals surface area contributed by atoms with Crippen LogP contribution in [0, 0.1) is 0 Å². The van der Waals surface area contributed by atoms with Crippen LogP contribution >= 0.6 is 0 Å². The molecule has 0 radical (unpaired) electrons. The van der Waals surface area contributed by atoms with Crippen LogP contribution in [0.15, 0.2) is 72.9 Å². The van der Waals surface area contributed by atoms with Gasteiger partial charge in [-0.15, -0.1) is 0 Å². The van der Waals surface area contributed by atoms with E-state index in [2.05, 4.69) is 86.8 Å². The zero-order chi connectivity index (χ0) is 55.5. The molecule has 5 heteroatoms. The molecule has 0 fully saturated rings. The fourth-order valence-electron chi connectivity index (χ4n) is 10.2. The van der Waals surface area contributed by atoms with E-state index in [4.69, 9.17) is 9.47 Å². The smallest absolute Gasteiger partial charge is 0.306 e. The molecule has 0 saturated carbocycles. The number of aliphatic hydroxyl groups is 1. The summed E-state index contributed by atoms with van der Waals surface area (Å²) in [6, 6.07) is 0. The van der Waals surface area contributed by atoms with Gasteiger partial charge in [0.25, 0.3) is 0 Å². The molecule has 1 N–H and O–H groups in total. The summed E-state index contributed by atoms with van der Waals surface area (Å²) in [5, 5.41) is 9.69. The molecule has 0 saturated heterocycles. The van der Waals surface area contributed by atoms with Gasteiger partial charge in [0.1, 0.15) is 6.61 Å². The number of aliphatic hydroxyl groups excluding tert-OH is 1. The molecule has 0 rings (SSSR count). The van der Waals surface area contributed by atoms with Crippen LogP contribution in [0.3, 0.4) is 0 Å². The number of hydrogen-bond donors (Lipinski definition) is 1. The van der Waals surface area contributed by atoms with Crippen molar-refractivity contribution in [2.45, 2.75) is 360 Å². The molecule has 77 heavy (non-hydrogen) atoms. The van der Waals surface area contributed by atoms with E-state index < -0.39 is 6.10 Å². The highest BCUT2D eigenvalue weighted by molar-refractivity contribution is 5.70. The lowest BCUT2D eigenvalue weighted by atomic mass is 10.0. The van der Waals surface area contributed by atoms with Crippen LogP contribution in [0.1, 0.15) is 354 Å². The Hall–Kier alpha value is -2.66. The van der Waals surface area contributed by atoms with Crippen molar-refractivity contribution in [1.29, 1.82) is 0 Å². The van der Waals surface area contributed by atoms with Crippen molar-refractivity contribution < 1.29 is 24.2 Å². The van der Waals surface area contributed by atoms with Gasteiger partial charge in [-0.2, -0.15) is 0 Å². The van der Waals surface area contributed by atoms with E-state index in [0.717, 1.165) is 70.6 Å². The van der Waals surface area contributed by atoms with Crippen LogP contribution in [0.2, 0.25) is 0 Å². The van der Waals surface area contributed by atoms with Crippen molar-refractivity contribution in [3.05, 3.63) is 72.9 Å². The van der Waals surface area contributed by atoms with Crippen LogP contribution in [0.4, 0.5) is 0 Å². The Kier molecular flexibility index (Phi) is 65.3. The SMILES string of the molecule is CC/C=C\C/C=C\C/C=C\C/C=C\C/C=C\C/C=C\CCCCCCCCCCCCCCCCCCCCCCCCC(=O)OC(CO)COC(=O)CCCCCCCCCCCCCCCCCCCCCCCC. The average Bonchev–Trinajstić information content (AvgIpc) is 3.43. The van der Waals surface area contributed by atoms with Gasteiger partial charge >= 0.3 is 11.9 Å². The number of unbranched alkanes of at least 4 members (excludes halogenated alkanes) is 43. The van der Waals surface area contributed by atoms with Gasteiger partial charge in [-0.1, -0.05) is 350 Å². The van der Waals surface area contributed by atoms with Gasteiger partial charge < -0.3 is 14.6 Å². The molecule has 448 valence electrons. The highest BCUT2D eigenvalue weighted by Crippen LogP contribution is 2.18. The summed E-state index contributed by atoms with van der Waals surface area (Å²) in [7, 11) is 0. The lowest BCUT2D eigenvalue weighted by Gasteiger charge is -2.15. The molecule has 5 nitrogen and oxygen atoms in total. The van der Waals surface area contributed by atoms with Gasteiger partial charge in [0, 0.05) is 12.8 Å². The predicted octanol–water partition coefficient (Wildman–Crippen LogP) is 23.5. The average molecular weight is 1080 g/mol. The molecule has 0 aliphatic heterocycles. The van der Waals surface area contributed by atoms with Crippen molar-refractivity contribution in [2.24, 2.45) is 0 Å². The zero-order valence-electron chi connectivity index (χ0n) is 51.5. The normalized spacial score (nSPS) is 12.6. The summed E-state index contributed by atoms with van der Waals surface area (Å²) in [4.78, 5) is 24.6. The van der Waals surface area contributed by atoms with E-state index in [9.17, 15) is 14.7 Å². The standard InChI is InChI=1S/C72H130O5/c1-3-5-7-9-11-13-15-17-19-21-23-25-27-28-29-30-31-32-33-34-35-36-37-38-39-40-41-42-43-44-45-47-49-51-53-55-57-59-61-63-65-67-72(75)77-70(68-73)69-76-71(74)66-64-62-60-58-56-54-52-50-48-46-26-24-22-20-18-16-14-12-10-8-6-4-2/h5,7,11,13,17,19,23,25,28-29,31-32,70,73H,3-4,6,8-10,12,14-16,18,20-22,24,26-27,30,33-69H2,1-2H3/b7-5-,13-11-,19-17-,25-23-,29-28-,32-31-. The third-order valence-electron chi connectivity index (χ3n) is 15.3. The molecule has 0 bridgehead atoms. The van der Waals surface area contributed by atoms with Crippen molar-refractivity contribution in [3.8, 4) is 0 Å². The van der Waals surface area contributed by atoms with Gasteiger partial charge in [0.15, 0.2) is 6.10 Å². The Labute approximate surface area is 480 Å². The molecule has 0 aromatic rings. The fraction of sp³-hybridized carbons (Fsp3) is 0.806. The van der Waals surface area contributed by atoms with Crippen LogP contribution in [-0.4, -0.2) is 36.4 Å². The van der Waals surface area contributed by atoms with Crippen molar-refractivity contribution >= 4 is 11.9 Å². The number of allylic oxidation sites excluding steroid dienone is 12. The first-order valence-electron chi connectivity index (χ1n) is 34.0. The zero-order valence-corrected chi connectivity index (χ0v) is 51.5. The Morgan fingerprint density at radius 1 is 0.312 bits per heavy atom. The highest BCUT2D eigenvalue weighted by atomic mass is 16.6. The lowest BCUT2D eigenvalue weighted by molar-refractivity contribution is -0.161.